The Morgan fingerprint density at radius 3 is 2.26 bits per heavy atom. The van der Waals surface area contributed by atoms with Crippen molar-refractivity contribution in [2.24, 2.45) is 5.11 Å². The van der Waals surface area contributed by atoms with Crippen molar-refractivity contribution in [3.8, 4) is 23.0 Å². The summed E-state index contributed by atoms with van der Waals surface area (Å²) in [4.78, 5) is 28.3. The number of aromatic hydroxyl groups is 2. The van der Waals surface area contributed by atoms with E-state index in [1.54, 1.807) is 30.3 Å². The Morgan fingerprint density at radius 2 is 1.58 bits per heavy atom. The summed E-state index contributed by atoms with van der Waals surface area (Å²) in [5.74, 6) is -0.0347. The molecule has 5 rings (SSSR count). The van der Waals surface area contributed by atoms with Crippen LogP contribution < -0.4 is 15.4 Å². The maximum Gasteiger partial charge on any atom is 0.340 e. The Labute approximate surface area is 217 Å². The Bertz CT molecular complexity index is 1410. The first-order chi connectivity index (χ1) is 18.4. The second kappa shape index (κ2) is 10.2. The van der Waals surface area contributed by atoms with Crippen LogP contribution in [0.15, 0.2) is 59.7 Å². The van der Waals surface area contributed by atoms with E-state index in [1.807, 2.05) is 0 Å². The Hall–Kier alpha value is -4.89. The van der Waals surface area contributed by atoms with Crippen molar-refractivity contribution in [2.75, 3.05) is 18.4 Å². The van der Waals surface area contributed by atoms with Crippen LogP contribution in [0, 0.1) is 0 Å². The number of benzene rings is 3. The monoisotopic (exact) mass is 515 g/mol. The van der Waals surface area contributed by atoms with Crippen LogP contribution >= 0.6 is 0 Å². The third kappa shape index (κ3) is 4.51. The number of amides is 2. The third-order valence-electron chi connectivity index (χ3n) is 6.57. The molecule has 0 aromatic heterocycles. The fraction of sp³-hybridized carbons (Fsp3) is 0.259. The minimum absolute atomic E-state index is 0.0224. The molecule has 0 aliphatic carbocycles. The average Bonchev–Trinajstić information content (AvgIpc) is 3.17. The van der Waals surface area contributed by atoms with E-state index in [4.69, 9.17) is 15.0 Å². The number of esters is 1. The van der Waals surface area contributed by atoms with E-state index < -0.39 is 17.6 Å². The number of anilines is 1. The summed E-state index contributed by atoms with van der Waals surface area (Å²) in [6.45, 7) is 0.957. The number of urea groups is 1. The number of carbonyl (C=O) groups is 2. The second-order valence-corrected chi connectivity index (χ2v) is 9.04. The molecule has 38 heavy (non-hydrogen) atoms. The van der Waals surface area contributed by atoms with Gasteiger partial charge >= 0.3 is 12.0 Å². The molecule has 194 valence electrons. The summed E-state index contributed by atoms with van der Waals surface area (Å²) in [6.07, 6.45) is 3.41. The molecule has 1 spiro atoms. The Morgan fingerprint density at radius 1 is 0.921 bits per heavy atom. The lowest BCUT2D eigenvalue weighted by molar-refractivity contribution is 0.0224. The molecule has 0 fully saturated rings. The molecule has 0 radical (unpaired) electrons. The number of unbranched alkanes of at least 4 members (excludes halogenated alkanes) is 3. The van der Waals surface area contributed by atoms with Gasteiger partial charge in [-0.05, 0) is 54.8 Å². The van der Waals surface area contributed by atoms with Gasteiger partial charge in [-0.25, -0.2) is 9.59 Å². The van der Waals surface area contributed by atoms with Crippen LogP contribution in [0.5, 0.6) is 23.0 Å². The van der Waals surface area contributed by atoms with Gasteiger partial charge in [-0.15, -0.1) is 0 Å². The number of azide groups is 1. The molecule has 3 aromatic rings. The molecular formula is C27H25N5O6. The van der Waals surface area contributed by atoms with Crippen molar-refractivity contribution >= 4 is 17.7 Å². The summed E-state index contributed by atoms with van der Waals surface area (Å²) >= 11 is 0. The predicted molar refractivity (Wildman–Crippen MR) is 138 cm³/mol. The zero-order valence-corrected chi connectivity index (χ0v) is 20.3. The average molecular weight is 516 g/mol. The minimum Gasteiger partial charge on any atom is -0.508 e. The number of rotatable bonds is 8. The maximum atomic E-state index is 13.2. The van der Waals surface area contributed by atoms with E-state index >= 15 is 0 Å². The number of hydrogen-bond acceptors (Lipinski definition) is 7. The second-order valence-electron chi connectivity index (χ2n) is 9.04. The summed E-state index contributed by atoms with van der Waals surface area (Å²) in [5.41, 5.74) is 9.23. The van der Waals surface area contributed by atoms with Gasteiger partial charge in [-0.1, -0.05) is 24.0 Å². The van der Waals surface area contributed by atoms with E-state index in [-0.39, 0.29) is 17.1 Å². The highest BCUT2D eigenvalue weighted by molar-refractivity contribution is 5.99. The first kappa shape index (κ1) is 24.8. The zero-order valence-electron chi connectivity index (χ0n) is 20.3. The standard InChI is InChI=1S/C27H25N5O6/c28-32-30-12-4-2-1-3-11-29-26(36)31-16-5-8-20-19(13-16)25(35)38-27(20)21-9-6-17(33)14-23(21)37-24-15-18(34)7-10-22(24)27/h5-10,13-15,33-34H,1-4,11-12H2,(H2,29,31,36). The molecule has 11 nitrogen and oxygen atoms in total. The van der Waals surface area contributed by atoms with E-state index in [0.29, 0.717) is 47.0 Å². The van der Waals surface area contributed by atoms with Crippen LogP contribution in [0.25, 0.3) is 10.4 Å². The molecule has 2 amide bonds. The van der Waals surface area contributed by atoms with Crippen LogP contribution in [0.4, 0.5) is 10.5 Å². The van der Waals surface area contributed by atoms with Crippen molar-refractivity contribution in [2.45, 2.75) is 31.3 Å². The summed E-state index contributed by atoms with van der Waals surface area (Å²) in [5, 5.41) is 29.1. The van der Waals surface area contributed by atoms with Gasteiger partial charge in [0.1, 0.15) is 23.0 Å². The van der Waals surface area contributed by atoms with Crippen LogP contribution in [-0.2, 0) is 10.3 Å². The molecule has 2 aliphatic rings. The van der Waals surface area contributed by atoms with E-state index in [1.165, 1.54) is 24.3 Å². The van der Waals surface area contributed by atoms with Crippen LogP contribution in [0.3, 0.4) is 0 Å². The number of phenolic OH excluding ortho intramolecular Hbond substituents is 2. The maximum absolute atomic E-state index is 13.2. The van der Waals surface area contributed by atoms with E-state index in [0.717, 1.165) is 25.7 Å². The van der Waals surface area contributed by atoms with E-state index in [2.05, 4.69) is 20.7 Å². The smallest absolute Gasteiger partial charge is 0.340 e. The number of fused-ring (bicyclic) bond motifs is 6. The molecule has 3 aromatic carbocycles. The largest absolute Gasteiger partial charge is 0.508 e. The van der Waals surface area contributed by atoms with Crippen molar-refractivity contribution < 1.29 is 29.3 Å². The highest BCUT2D eigenvalue weighted by Gasteiger charge is 2.53. The van der Waals surface area contributed by atoms with Gasteiger partial charge in [0.25, 0.3) is 0 Å². The lowest BCUT2D eigenvalue weighted by Gasteiger charge is -2.36. The fourth-order valence-electron chi connectivity index (χ4n) is 4.87. The van der Waals surface area contributed by atoms with Gasteiger partial charge in [0.2, 0.25) is 0 Å². The highest BCUT2D eigenvalue weighted by Crippen LogP contribution is 2.57. The molecule has 2 heterocycles. The SMILES string of the molecule is [N-]=[N+]=NCCCCCCNC(=O)Nc1ccc2c(c1)C(=O)OC21c2ccc(O)cc2Oc2cc(O)ccc21. The van der Waals surface area contributed by atoms with Gasteiger partial charge in [-0.3, -0.25) is 0 Å². The number of nitrogens with zero attached hydrogens (tertiary/aromatic N) is 3. The molecule has 0 saturated heterocycles. The van der Waals surface area contributed by atoms with Crippen LogP contribution in [0.1, 0.15) is 52.7 Å². The Balaban J connectivity index is 1.36. The van der Waals surface area contributed by atoms with Crippen LogP contribution in [-0.4, -0.2) is 35.3 Å². The molecular weight excluding hydrogens is 490 g/mol. The first-order valence-corrected chi connectivity index (χ1v) is 12.2. The number of hydrogen-bond donors (Lipinski definition) is 4. The van der Waals surface area contributed by atoms with Gasteiger partial charge < -0.3 is 30.3 Å². The van der Waals surface area contributed by atoms with Gasteiger partial charge in [-0.2, -0.15) is 0 Å². The lowest BCUT2D eigenvalue weighted by Crippen LogP contribution is -2.33. The summed E-state index contributed by atoms with van der Waals surface area (Å²) < 4.78 is 12.0. The summed E-state index contributed by atoms with van der Waals surface area (Å²) in [7, 11) is 0. The zero-order chi connectivity index (χ0) is 26.7. The molecule has 0 unspecified atom stereocenters. The molecule has 0 atom stereocenters. The van der Waals surface area contributed by atoms with Gasteiger partial charge in [0, 0.05) is 52.5 Å². The normalized spacial score (nSPS) is 13.8. The number of ether oxygens (including phenoxy) is 2. The van der Waals surface area contributed by atoms with E-state index in [9.17, 15) is 19.8 Å². The number of nitrogens with one attached hydrogen (secondary N) is 2. The third-order valence-corrected chi connectivity index (χ3v) is 6.57. The fourth-order valence-corrected chi connectivity index (χ4v) is 4.87. The summed E-state index contributed by atoms with van der Waals surface area (Å²) in [6, 6.07) is 13.7. The number of carbonyl (C=O) groups excluding carboxylic acids is 2. The first-order valence-electron chi connectivity index (χ1n) is 12.2. The van der Waals surface area contributed by atoms with Crippen molar-refractivity contribution in [1.82, 2.24) is 5.32 Å². The molecule has 2 aliphatic heterocycles. The molecule has 11 heteroatoms. The quantitative estimate of drug-likeness (QED) is 0.0993. The van der Waals surface area contributed by atoms with Crippen molar-refractivity contribution in [3.63, 3.8) is 0 Å². The molecule has 4 N–H and O–H groups in total. The predicted octanol–water partition coefficient (Wildman–Crippen LogP) is 5.66. The lowest BCUT2D eigenvalue weighted by atomic mass is 9.77. The topological polar surface area (TPSA) is 166 Å². The molecule has 0 bridgehead atoms. The van der Waals surface area contributed by atoms with Crippen molar-refractivity contribution in [3.05, 3.63) is 87.3 Å². The Kier molecular flexibility index (Phi) is 6.68. The van der Waals surface area contributed by atoms with Crippen molar-refractivity contribution in [1.29, 1.82) is 0 Å². The van der Waals surface area contributed by atoms with Crippen LogP contribution in [0.2, 0.25) is 0 Å². The highest BCUT2D eigenvalue weighted by atomic mass is 16.6. The molecule has 0 saturated carbocycles. The van der Waals surface area contributed by atoms with Gasteiger partial charge in [0.15, 0.2) is 5.60 Å². The number of phenols is 2. The minimum atomic E-state index is -1.35. The van der Waals surface area contributed by atoms with Gasteiger partial charge in [0.05, 0.1) is 5.56 Å².